The Balaban J connectivity index is 2.10. The largest absolute Gasteiger partial charge is 0.371 e. The van der Waals surface area contributed by atoms with E-state index in [9.17, 15) is 0 Å². The number of hydrogen-bond acceptors (Lipinski definition) is 2. The molecular formula is C17H27ClN2. The first kappa shape index (κ1) is 15.7. The van der Waals surface area contributed by atoms with Crippen molar-refractivity contribution < 1.29 is 0 Å². The van der Waals surface area contributed by atoms with Gasteiger partial charge >= 0.3 is 0 Å². The fraction of sp³-hybridized carbons (Fsp3) is 0.647. The van der Waals surface area contributed by atoms with Crippen molar-refractivity contribution in [3.05, 3.63) is 28.8 Å². The molecule has 1 N–H and O–H groups in total. The molecule has 1 aromatic carbocycles. The van der Waals surface area contributed by atoms with Crippen LogP contribution >= 0.6 is 11.6 Å². The van der Waals surface area contributed by atoms with E-state index in [1.807, 2.05) is 7.05 Å². The molecule has 2 rings (SSSR count). The van der Waals surface area contributed by atoms with Gasteiger partial charge in [0.2, 0.25) is 0 Å². The van der Waals surface area contributed by atoms with Gasteiger partial charge in [0.15, 0.2) is 0 Å². The second-order valence-electron chi connectivity index (χ2n) is 6.37. The summed E-state index contributed by atoms with van der Waals surface area (Å²) in [5.74, 6) is 0. The van der Waals surface area contributed by atoms with Crippen LogP contribution in [0.4, 0.5) is 5.69 Å². The molecule has 112 valence electrons. The summed E-state index contributed by atoms with van der Waals surface area (Å²) in [5.41, 5.74) is 2.97. The number of hydrogen-bond donors (Lipinski definition) is 1. The van der Waals surface area contributed by atoms with Gasteiger partial charge in [-0.25, -0.2) is 0 Å². The van der Waals surface area contributed by atoms with Gasteiger partial charge in [-0.15, -0.1) is 0 Å². The maximum absolute atomic E-state index is 6.44. The van der Waals surface area contributed by atoms with Gasteiger partial charge in [0.25, 0.3) is 0 Å². The molecule has 1 fully saturated rings. The molecule has 20 heavy (non-hydrogen) atoms. The monoisotopic (exact) mass is 294 g/mol. The van der Waals surface area contributed by atoms with Crippen molar-refractivity contribution in [1.29, 1.82) is 0 Å². The highest BCUT2D eigenvalue weighted by atomic mass is 35.5. The number of anilines is 1. The van der Waals surface area contributed by atoms with Crippen LogP contribution in [-0.2, 0) is 0 Å². The van der Waals surface area contributed by atoms with Crippen LogP contribution in [0, 0.1) is 5.41 Å². The molecule has 0 spiro atoms. The van der Waals surface area contributed by atoms with Crippen LogP contribution in [-0.4, -0.2) is 20.1 Å². The first-order valence-corrected chi connectivity index (χ1v) is 8.08. The summed E-state index contributed by atoms with van der Waals surface area (Å²) in [5, 5.41) is 4.11. The molecule has 1 atom stereocenters. The molecule has 0 saturated carbocycles. The topological polar surface area (TPSA) is 15.3 Å². The first-order chi connectivity index (χ1) is 9.49. The van der Waals surface area contributed by atoms with E-state index in [-0.39, 0.29) is 0 Å². The maximum Gasteiger partial charge on any atom is 0.0474 e. The number of rotatable bonds is 4. The van der Waals surface area contributed by atoms with Crippen LogP contribution in [0.1, 0.15) is 51.6 Å². The minimum absolute atomic E-state index is 0.293. The molecular weight excluding hydrogens is 268 g/mol. The van der Waals surface area contributed by atoms with Gasteiger partial charge in [0.05, 0.1) is 0 Å². The molecule has 1 saturated heterocycles. The molecule has 0 aliphatic carbocycles. The van der Waals surface area contributed by atoms with Crippen LogP contribution in [0.5, 0.6) is 0 Å². The Labute approximate surface area is 128 Å². The lowest BCUT2D eigenvalue weighted by Crippen LogP contribution is -2.38. The average molecular weight is 295 g/mol. The Hall–Kier alpha value is -0.730. The van der Waals surface area contributed by atoms with E-state index >= 15 is 0 Å². The Morgan fingerprint density at radius 2 is 2.00 bits per heavy atom. The van der Waals surface area contributed by atoms with E-state index in [0.29, 0.717) is 11.5 Å². The van der Waals surface area contributed by atoms with Crippen molar-refractivity contribution in [2.45, 2.75) is 46.1 Å². The Morgan fingerprint density at radius 3 is 2.50 bits per heavy atom. The lowest BCUT2D eigenvalue weighted by atomic mass is 9.78. The number of piperidine rings is 1. The predicted molar refractivity (Wildman–Crippen MR) is 88.8 cm³/mol. The molecule has 1 heterocycles. The quantitative estimate of drug-likeness (QED) is 0.870. The van der Waals surface area contributed by atoms with Gasteiger partial charge < -0.3 is 10.2 Å². The van der Waals surface area contributed by atoms with Gasteiger partial charge in [-0.1, -0.05) is 37.9 Å². The van der Waals surface area contributed by atoms with Crippen LogP contribution < -0.4 is 10.2 Å². The summed E-state index contributed by atoms with van der Waals surface area (Å²) in [7, 11) is 1.96. The summed E-state index contributed by atoms with van der Waals surface area (Å²) in [6.45, 7) is 9.13. The minimum atomic E-state index is 0.293. The highest BCUT2D eigenvalue weighted by molar-refractivity contribution is 6.31. The summed E-state index contributed by atoms with van der Waals surface area (Å²) < 4.78 is 0. The lowest BCUT2D eigenvalue weighted by molar-refractivity contribution is 0.238. The van der Waals surface area contributed by atoms with Crippen molar-refractivity contribution in [2.24, 2.45) is 5.41 Å². The fourth-order valence-electron chi connectivity index (χ4n) is 2.88. The summed E-state index contributed by atoms with van der Waals surface area (Å²) in [4.78, 5) is 2.47. The molecule has 1 unspecified atom stereocenters. The van der Waals surface area contributed by atoms with E-state index in [0.717, 1.165) is 18.1 Å². The number of nitrogens with zero attached hydrogens (tertiary/aromatic N) is 1. The summed E-state index contributed by atoms with van der Waals surface area (Å²) in [6.07, 6.45) is 3.83. The van der Waals surface area contributed by atoms with Crippen molar-refractivity contribution in [1.82, 2.24) is 5.32 Å². The van der Waals surface area contributed by atoms with Gasteiger partial charge in [0, 0.05) is 29.8 Å². The second-order valence-corrected chi connectivity index (χ2v) is 6.77. The van der Waals surface area contributed by atoms with Gasteiger partial charge in [-0.2, -0.15) is 0 Å². The lowest BCUT2D eigenvalue weighted by Gasteiger charge is -2.40. The van der Waals surface area contributed by atoms with Crippen molar-refractivity contribution >= 4 is 17.3 Å². The van der Waals surface area contributed by atoms with Gasteiger partial charge in [0.1, 0.15) is 0 Å². The molecule has 0 radical (unpaired) electrons. The maximum atomic E-state index is 6.44. The van der Waals surface area contributed by atoms with Gasteiger partial charge in [-0.3, -0.25) is 0 Å². The zero-order chi connectivity index (χ0) is 14.8. The molecule has 2 nitrogen and oxygen atoms in total. The Bertz CT molecular complexity index is 450. The van der Waals surface area contributed by atoms with E-state index in [2.05, 4.69) is 49.2 Å². The third-order valence-corrected chi connectivity index (χ3v) is 5.40. The highest BCUT2D eigenvalue weighted by Crippen LogP contribution is 2.36. The van der Waals surface area contributed by atoms with Crippen LogP contribution in [0.2, 0.25) is 5.02 Å². The van der Waals surface area contributed by atoms with Crippen molar-refractivity contribution in [2.75, 3.05) is 25.0 Å². The zero-order valence-corrected chi connectivity index (χ0v) is 13.9. The summed E-state index contributed by atoms with van der Waals surface area (Å²) >= 11 is 6.44. The fourth-order valence-corrected chi connectivity index (χ4v) is 3.22. The van der Waals surface area contributed by atoms with Crippen molar-refractivity contribution in [3.63, 3.8) is 0 Å². The van der Waals surface area contributed by atoms with Crippen LogP contribution in [0.15, 0.2) is 18.2 Å². The second kappa shape index (κ2) is 6.36. The first-order valence-electron chi connectivity index (χ1n) is 7.71. The number of benzene rings is 1. The van der Waals surface area contributed by atoms with Crippen LogP contribution in [0.3, 0.4) is 0 Å². The Kier molecular flexibility index (Phi) is 4.98. The third-order valence-electron chi connectivity index (χ3n) is 5.07. The molecule has 0 amide bonds. The molecule has 0 bridgehead atoms. The molecule has 1 aliphatic rings. The summed E-state index contributed by atoms with van der Waals surface area (Å²) in [6, 6.07) is 6.79. The van der Waals surface area contributed by atoms with Crippen LogP contribution in [0.25, 0.3) is 0 Å². The molecule has 1 aromatic rings. The minimum Gasteiger partial charge on any atom is -0.371 e. The molecule has 1 aliphatic heterocycles. The average Bonchev–Trinajstić information content (AvgIpc) is 2.47. The van der Waals surface area contributed by atoms with E-state index in [1.54, 1.807) is 0 Å². The zero-order valence-electron chi connectivity index (χ0n) is 13.2. The smallest absolute Gasteiger partial charge is 0.0474 e. The number of halogens is 1. The number of nitrogens with one attached hydrogen (secondary N) is 1. The van der Waals surface area contributed by atoms with Crippen molar-refractivity contribution in [3.8, 4) is 0 Å². The molecule has 0 aromatic heterocycles. The van der Waals surface area contributed by atoms with E-state index in [4.69, 9.17) is 11.6 Å². The highest BCUT2D eigenvalue weighted by Gasteiger charge is 2.28. The third kappa shape index (κ3) is 3.29. The molecule has 3 heteroatoms. The normalized spacial score (nSPS) is 19.9. The SMILES string of the molecule is CCC1(C)CCN(c2ccc(C(C)NC)c(Cl)c2)CC1. The predicted octanol–water partition coefficient (Wildman–Crippen LogP) is 4.64. The van der Waals surface area contributed by atoms with Gasteiger partial charge in [-0.05, 0) is 49.9 Å². The van der Waals surface area contributed by atoms with E-state index < -0.39 is 0 Å². The Morgan fingerprint density at radius 1 is 1.35 bits per heavy atom. The standard InChI is InChI=1S/C17H27ClN2/c1-5-17(3)8-10-20(11-9-17)14-6-7-15(13(2)19-4)16(18)12-14/h6-7,12-13,19H,5,8-11H2,1-4H3. The van der Waals surface area contributed by atoms with E-state index in [1.165, 1.54) is 30.5 Å².